The van der Waals surface area contributed by atoms with Gasteiger partial charge in [-0.3, -0.25) is 0 Å². The quantitative estimate of drug-likeness (QED) is 0.688. The van der Waals surface area contributed by atoms with Gasteiger partial charge in [-0.05, 0) is 13.1 Å². The van der Waals surface area contributed by atoms with Gasteiger partial charge in [0.25, 0.3) is 0 Å². The first-order valence-corrected chi connectivity index (χ1v) is 4.58. The summed E-state index contributed by atoms with van der Waals surface area (Å²) in [5.41, 5.74) is 5.84. The van der Waals surface area contributed by atoms with E-state index in [1.165, 1.54) is 6.07 Å². The van der Waals surface area contributed by atoms with Crippen molar-refractivity contribution in [1.29, 1.82) is 0 Å². The minimum absolute atomic E-state index is 0.250. The second kappa shape index (κ2) is 5.16. The highest BCUT2D eigenvalue weighted by Crippen LogP contribution is 2.19. The first-order valence-electron chi connectivity index (χ1n) is 4.58. The van der Waals surface area contributed by atoms with Gasteiger partial charge in [-0.1, -0.05) is 6.07 Å². The van der Waals surface area contributed by atoms with E-state index in [1.54, 1.807) is 7.05 Å². The van der Waals surface area contributed by atoms with Crippen molar-refractivity contribution < 1.29 is 13.9 Å². The highest BCUT2D eigenvalue weighted by Gasteiger charge is 2.20. The van der Waals surface area contributed by atoms with Crippen molar-refractivity contribution in [1.82, 2.24) is 5.32 Å². The van der Waals surface area contributed by atoms with Crippen LogP contribution >= 0.6 is 0 Å². The van der Waals surface area contributed by atoms with Gasteiger partial charge in [0.1, 0.15) is 11.6 Å². The Morgan fingerprint density at radius 1 is 1.47 bits per heavy atom. The molecule has 0 aromatic heterocycles. The molecule has 5 heteroatoms. The molecule has 0 aliphatic heterocycles. The Hall–Kier alpha value is -1.04. The number of benzene rings is 1. The molecule has 0 spiro atoms. The molecule has 0 saturated carbocycles. The maximum Gasteiger partial charge on any atom is 0.130 e. The molecule has 3 nitrogen and oxygen atoms in total. The Morgan fingerprint density at radius 3 is 2.60 bits per heavy atom. The van der Waals surface area contributed by atoms with E-state index in [0.717, 1.165) is 12.1 Å². The molecule has 0 saturated heterocycles. The van der Waals surface area contributed by atoms with Gasteiger partial charge in [-0.25, -0.2) is 8.78 Å². The number of likely N-dealkylation sites (N-methyl/N-ethyl adjacent to an activating group) is 1. The molecule has 2 unspecified atom stereocenters. The number of rotatable bonds is 4. The average molecular weight is 216 g/mol. The summed E-state index contributed by atoms with van der Waals surface area (Å²) in [6, 6.07) is 2.11. The van der Waals surface area contributed by atoms with E-state index >= 15 is 0 Å². The van der Waals surface area contributed by atoms with E-state index in [1.807, 2.05) is 0 Å². The van der Waals surface area contributed by atoms with Crippen LogP contribution in [0.4, 0.5) is 8.78 Å². The Kier molecular flexibility index (Phi) is 4.14. The number of aliphatic hydroxyl groups excluding tert-OH is 1. The summed E-state index contributed by atoms with van der Waals surface area (Å²) in [4.78, 5) is 0. The maximum atomic E-state index is 13.4. The Balaban J connectivity index is 3.01. The monoisotopic (exact) mass is 216 g/mol. The summed E-state index contributed by atoms with van der Waals surface area (Å²) in [6.45, 7) is -0.275. The first kappa shape index (κ1) is 12.0. The minimum atomic E-state index is -0.668. The lowest BCUT2D eigenvalue weighted by atomic mass is 10.00. The lowest BCUT2D eigenvalue weighted by molar-refractivity contribution is 0.238. The molecule has 0 fully saturated rings. The van der Waals surface area contributed by atoms with Gasteiger partial charge in [0, 0.05) is 17.7 Å². The second-order valence-electron chi connectivity index (χ2n) is 3.28. The lowest BCUT2D eigenvalue weighted by Gasteiger charge is -2.22. The summed E-state index contributed by atoms with van der Waals surface area (Å²) >= 11 is 0. The maximum absolute atomic E-state index is 13.4. The number of nitrogens with one attached hydrogen (secondary N) is 1. The molecule has 0 heterocycles. The molecule has 0 bridgehead atoms. The molecule has 2 atom stereocenters. The Morgan fingerprint density at radius 2 is 2.13 bits per heavy atom. The van der Waals surface area contributed by atoms with Gasteiger partial charge in [0.2, 0.25) is 0 Å². The molecule has 15 heavy (non-hydrogen) atoms. The molecule has 0 radical (unpaired) electrons. The molecular weight excluding hydrogens is 202 g/mol. The van der Waals surface area contributed by atoms with Gasteiger partial charge in [0.05, 0.1) is 12.6 Å². The van der Waals surface area contributed by atoms with Crippen molar-refractivity contribution in [2.75, 3.05) is 13.7 Å². The van der Waals surface area contributed by atoms with Crippen LogP contribution < -0.4 is 11.1 Å². The number of halogens is 2. The molecule has 0 amide bonds. The molecule has 4 N–H and O–H groups in total. The molecule has 0 aliphatic rings. The van der Waals surface area contributed by atoms with Crippen molar-refractivity contribution in [2.45, 2.75) is 12.1 Å². The largest absolute Gasteiger partial charge is 0.395 e. The summed E-state index contributed by atoms with van der Waals surface area (Å²) in [7, 11) is 1.60. The lowest BCUT2D eigenvalue weighted by Crippen LogP contribution is -2.39. The number of hydrogen-bond donors (Lipinski definition) is 3. The first-order chi connectivity index (χ1) is 7.10. The fourth-order valence-corrected chi connectivity index (χ4v) is 1.46. The SMILES string of the molecule is CNC(c1ccc(F)cc1F)C(N)CO. The van der Waals surface area contributed by atoms with E-state index in [4.69, 9.17) is 10.8 Å². The third-order valence-corrected chi connectivity index (χ3v) is 2.25. The standard InChI is InChI=1S/C10H14F2N2O/c1-14-10(9(13)5-15)7-3-2-6(11)4-8(7)12/h2-4,9-10,14-15H,5,13H2,1H3. The Bertz CT molecular complexity index is 333. The van der Waals surface area contributed by atoms with Gasteiger partial charge >= 0.3 is 0 Å². The molecule has 1 aromatic rings. The predicted molar refractivity (Wildman–Crippen MR) is 53.2 cm³/mol. The van der Waals surface area contributed by atoms with Crippen LogP contribution in [-0.2, 0) is 0 Å². The van der Waals surface area contributed by atoms with Crippen LogP contribution in [0.1, 0.15) is 11.6 Å². The third-order valence-electron chi connectivity index (χ3n) is 2.25. The van der Waals surface area contributed by atoms with Crippen molar-refractivity contribution >= 4 is 0 Å². The summed E-state index contributed by atoms with van der Waals surface area (Å²) in [5, 5.41) is 11.7. The van der Waals surface area contributed by atoms with E-state index < -0.39 is 23.7 Å². The molecular formula is C10H14F2N2O. The van der Waals surface area contributed by atoms with Crippen LogP contribution in [0.15, 0.2) is 18.2 Å². The molecule has 84 valence electrons. The van der Waals surface area contributed by atoms with Crippen LogP contribution in [0, 0.1) is 11.6 Å². The van der Waals surface area contributed by atoms with Crippen LogP contribution in [-0.4, -0.2) is 24.8 Å². The van der Waals surface area contributed by atoms with E-state index in [-0.39, 0.29) is 12.2 Å². The summed E-state index contributed by atoms with van der Waals surface area (Å²) in [5.74, 6) is -1.30. The van der Waals surface area contributed by atoms with Gasteiger partial charge in [0.15, 0.2) is 0 Å². The van der Waals surface area contributed by atoms with Crippen LogP contribution in [0.25, 0.3) is 0 Å². The number of nitrogens with two attached hydrogens (primary N) is 1. The number of hydrogen-bond acceptors (Lipinski definition) is 3. The zero-order valence-electron chi connectivity index (χ0n) is 8.37. The summed E-state index contributed by atoms with van der Waals surface area (Å²) in [6.07, 6.45) is 0. The molecule has 1 aromatic carbocycles. The van der Waals surface area contributed by atoms with Crippen LogP contribution in [0.2, 0.25) is 0 Å². The predicted octanol–water partition coefficient (Wildman–Crippen LogP) is 0.545. The van der Waals surface area contributed by atoms with Gasteiger partial charge < -0.3 is 16.2 Å². The van der Waals surface area contributed by atoms with E-state index in [9.17, 15) is 8.78 Å². The smallest absolute Gasteiger partial charge is 0.130 e. The van der Waals surface area contributed by atoms with E-state index in [0.29, 0.717) is 0 Å². The highest BCUT2D eigenvalue weighted by molar-refractivity contribution is 5.23. The minimum Gasteiger partial charge on any atom is -0.395 e. The van der Waals surface area contributed by atoms with Gasteiger partial charge in [-0.2, -0.15) is 0 Å². The van der Waals surface area contributed by atoms with Gasteiger partial charge in [-0.15, -0.1) is 0 Å². The van der Waals surface area contributed by atoms with E-state index in [2.05, 4.69) is 5.32 Å². The number of aliphatic hydroxyl groups is 1. The molecule has 0 aliphatic carbocycles. The normalized spacial score (nSPS) is 15.0. The topological polar surface area (TPSA) is 58.3 Å². The van der Waals surface area contributed by atoms with Crippen molar-refractivity contribution in [3.63, 3.8) is 0 Å². The zero-order valence-corrected chi connectivity index (χ0v) is 8.37. The summed E-state index contributed by atoms with van der Waals surface area (Å²) < 4.78 is 26.0. The average Bonchev–Trinajstić information content (AvgIpc) is 2.21. The zero-order chi connectivity index (χ0) is 11.4. The van der Waals surface area contributed by atoms with Crippen molar-refractivity contribution in [3.8, 4) is 0 Å². The second-order valence-corrected chi connectivity index (χ2v) is 3.28. The highest BCUT2D eigenvalue weighted by atomic mass is 19.1. The van der Waals surface area contributed by atoms with Crippen molar-refractivity contribution in [2.24, 2.45) is 5.73 Å². The third kappa shape index (κ3) is 2.71. The van der Waals surface area contributed by atoms with Crippen LogP contribution in [0.3, 0.4) is 0 Å². The van der Waals surface area contributed by atoms with Crippen LogP contribution in [0.5, 0.6) is 0 Å². The fourth-order valence-electron chi connectivity index (χ4n) is 1.46. The van der Waals surface area contributed by atoms with Crippen molar-refractivity contribution in [3.05, 3.63) is 35.4 Å². The molecule has 1 rings (SSSR count). The Labute approximate surface area is 86.9 Å². The fraction of sp³-hybridized carbons (Fsp3) is 0.400.